The first-order valence-corrected chi connectivity index (χ1v) is 5.00. The van der Waals surface area contributed by atoms with Gasteiger partial charge in [-0.1, -0.05) is 13.8 Å². The van der Waals surface area contributed by atoms with Crippen molar-refractivity contribution in [2.24, 2.45) is 0 Å². The highest BCUT2D eigenvalue weighted by atomic mass is 15.0. The van der Waals surface area contributed by atoms with Crippen LogP contribution in [0.2, 0.25) is 0 Å². The number of rotatable bonds is 4. The highest BCUT2D eigenvalue weighted by Gasteiger charge is 2.03. The fourth-order valence-corrected chi connectivity index (χ4v) is 1.39. The first-order valence-electron chi connectivity index (χ1n) is 5.00. The molecule has 1 N–H and O–H groups in total. The van der Waals surface area contributed by atoms with Gasteiger partial charge in [-0.2, -0.15) is 0 Å². The first-order chi connectivity index (χ1) is 6.11. The first kappa shape index (κ1) is 10.3. The second-order valence-corrected chi connectivity index (χ2v) is 4.04. The van der Waals surface area contributed by atoms with Crippen LogP contribution in [0, 0.1) is 0 Å². The summed E-state index contributed by atoms with van der Waals surface area (Å²) >= 11 is 0. The summed E-state index contributed by atoms with van der Waals surface area (Å²) in [4.78, 5) is 0. The van der Waals surface area contributed by atoms with Crippen LogP contribution < -0.4 is 5.32 Å². The Balaban J connectivity index is 2.60. The van der Waals surface area contributed by atoms with E-state index in [4.69, 9.17) is 0 Å². The average Bonchev–Trinajstić information content (AvgIpc) is 2.47. The van der Waals surface area contributed by atoms with Gasteiger partial charge in [0.1, 0.15) is 0 Å². The molecule has 0 atom stereocenters. The van der Waals surface area contributed by atoms with Crippen molar-refractivity contribution in [2.75, 3.05) is 0 Å². The monoisotopic (exact) mass is 180 g/mol. The van der Waals surface area contributed by atoms with Gasteiger partial charge in [0.2, 0.25) is 0 Å². The molecule has 1 rings (SSSR count). The van der Waals surface area contributed by atoms with E-state index >= 15 is 0 Å². The summed E-state index contributed by atoms with van der Waals surface area (Å²) in [6.07, 6.45) is 2.14. The summed E-state index contributed by atoms with van der Waals surface area (Å²) in [5.74, 6) is 0. The Morgan fingerprint density at radius 2 is 2.00 bits per heavy atom. The molecule has 74 valence electrons. The van der Waals surface area contributed by atoms with Gasteiger partial charge in [0.05, 0.1) is 0 Å². The second-order valence-electron chi connectivity index (χ2n) is 4.04. The normalized spacial score (nSPS) is 11.5. The Hall–Kier alpha value is -0.760. The van der Waals surface area contributed by atoms with Gasteiger partial charge in [-0.15, -0.1) is 0 Å². The minimum absolute atomic E-state index is 0.551. The molecule has 1 aromatic heterocycles. The third-order valence-electron chi connectivity index (χ3n) is 2.11. The number of nitrogens with one attached hydrogen (secondary N) is 1. The van der Waals surface area contributed by atoms with E-state index in [0.717, 1.165) is 6.54 Å². The lowest BCUT2D eigenvalue weighted by Crippen LogP contribution is -2.23. The molecule has 0 fully saturated rings. The molecule has 0 aliphatic rings. The van der Waals surface area contributed by atoms with E-state index in [1.54, 1.807) is 0 Å². The van der Waals surface area contributed by atoms with Crippen LogP contribution in [0.4, 0.5) is 0 Å². The summed E-state index contributed by atoms with van der Waals surface area (Å²) < 4.78 is 2.30. The second kappa shape index (κ2) is 4.47. The number of hydrogen-bond donors (Lipinski definition) is 1. The van der Waals surface area contributed by atoms with Gasteiger partial charge in [-0.3, -0.25) is 0 Å². The predicted octanol–water partition coefficient (Wildman–Crippen LogP) is 2.57. The molecule has 0 spiro atoms. The van der Waals surface area contributed by atoms with Crippen molar-refractivity contribution in [3.8, 4) is 0 Å². The molecule has 1 heterocycles. The Bertz CT molecular complexity index is 248. The minimum Gasteiger partial charge on any atom is -0.348 e. The summed E-state index contributed by atoms with van der Waals surface area (Å²) in [6.45, 7) is 9.71. The number of nitrogens with zero attached hydrogens (tertiary/aromatic N) is 1. The van der Waals surface area contributed by atoms with Crippen LogP contribution in [-0.4, -0.2) is 10.6 Å². The lowest BCUT2D eigenvalue weighted by atomic mass is 10.3. The van der Waals surface area contributed by atoms with Gasteiger partial charge < -0.3 is 9.88 Å². The van der Waals surface area contributed by atoms with Crippen molar-refractivity contribution < 1.29 is 0 Å². The van der Waals surface area contributed by atoms with Crippen LogP contribution in [0.5, 0.6) is 0 Å². The van der Waals surface area contributed by atoms with Crippen molar-refractivity contribution >= 4 is 0 Å². The van der Waals surface area contributed by atoms with Crippen LogP contribution in [0.25, 0.3) is 0 Å². The highest BCUT2D eigenvalue weighted by molar-refractivity contribution is 5.08. The lowest BCUT2D eigenvalue weighted by Gasteiger charge is -2.14. The molecule has 13 heavy (non-hydrogen) atoms. The zero-order chi connectivity index (χ0) is 9.84. The fourth-order valence-electron chi connectivity index (χ4n) is 1.39. The van der Waals surface area contributed by atoms with E-state index in [0.29, 0.717) is 12.1 Å². The summed E-state index contributed by atoms with van der Waals surface area (Å²) in [5.41, 5.74) is 1.36. The van der Waals surface area contributed by atoms with E-state index in [2.05, 4.69) is 55.9 Å². The van der Waals surface area contributed by atoms with Gasteiger partial charge >= 0.3 is 0 Å². The SMILES string of the molecule is CC(C)NCc1cccn1C(C)C. The Kier molecular flexibility index (Phi) is 3.55. The third kappa shape index (κ3) is 2.88. The van der Waals surface area contributed by atoms with Crippen LogP contribution >= 0.6 is 0 Å². The Morgan fingerprint density at radius 3 is 2.54 bits per heavy atom. The van der Waals surface area contributed by atoms with Crippen molar-refractivity contribution in [2.45, 2.75) is 46.3 Å². The molecular weight excluding hydrogens is 160 g/mol. The molecule has 2 nitrogen and oxygen atoms in total. The molecule has 0 saturated heterocycles. The van der Waals surface area contributed by atoms with Gasteiger partial charge in [0, 0.05) is 30.5 Å². The van der Waals surface area contributed by atoms with Crippen molar-refractivity contribution in [1.29, 1.82) is 0 Å². The minimum atomic E-state index is 0.551. The predicted molar refractivity (Wildman–Crippen MR) is 56.8 cm³/mol. The molecule has 0 saturated carbocycles. The van der Waals surface area contributed by atoms with Gasteiger partial charge in [-0.05, 0) is 26.0 Å². The molecule has 2 heteroatoms. The van der Waals surface area contributed by atoms with E-state index < -0.39 is 0 Å². The van der Waals surface area contributed by atoms with Gasteiger partial charge in [0.15, 0.2) is 0 Å². The van der Waals surface area contributed by atoms with E-state index in [1.807, 2.05) is 0 Å². The lowest BCUT2D eigenvalue weighted by molar-refractivity contribution is 0.526. The maximum atomic E-state index is 3.42. The Labute approximate surface area is 81.0 Å². The summed E-state index contributed by atoms with van der Waals surface area (Å²) in [6, 6.07) is 5.39. The maximum Gasteiger partial charge on any atom is 0.0361 e. The van der Waals surface area contributed by atoms with E-state index in [-0.39, 0.29) is 0 Å². The van der Waals surface area contributed by atoms with E-state index in [1.165, 1.54) is 5.69 Å². The van der Waals surface area contributed by atoms with Gasteiger partial charge in [0.25, 0.3) is 0 Å². The molecule has 1 aromatic rings. The largest absolute Gasteiger partial charge is 0.348 e. The topological polar surface area (TPSA) is 17.0 Å². The quantitative estimate of drug-likeness (QED) is 0.753. The third-order valence-corrected chi connectivity index (χ3v) is 2.11. The molecule has 0 aliphatic heterocycles. The molecule has 0 unspecified atom stereocenters. The standard InChI is InChI=1S/C11H20N2/c1-9(2)12-8-11-6-5-7-13(11)10(3)4/h5-7,9-10,12H,8H2,1-4H3. The van der Waals surface area contributed by atoms with Crippen molar-refractivity contribution in [3.05, 3.63) is 24.0 Å². The van der Waals surface area contributed by atoms with Crippen molar-refractivity contribution in [1.82, 2.24) is 9.88 Å². The molecule has 0 aliphatic carbocycles. The average molecular weight is 180 g/mol. The zero-order valence-corrected chi connectivity index (χ0v) is 9.04. The number of hydrogen-bond acceptors (Lipinski definition) is 1. The van der Waals surface area contributed by atoms with Crippen molar-refractivity contribution in [3.63, 3.8) is 0 Å². The smallest absolute Gasteiger partial charge is 0.0361 e. The van der Waals surface area contributed by atoms with Gasteiger partial charge in [-0.25, -0.2) is 0 Å². The van der Waals surface area contributed by atoms with Crippen LogP contribution in [0.15, 0.2) is 18.3 Å². The fraction of sp³-hybridized carbons (Fsp3) is 0.636. The highest BCUT2D eigenvalue weighted by Crippen LogP contribution is 2.10. The summed E-state index contributed by atoms with van der Waals surface area (Å²) in [5, 5.41) is 3.42. The van der Waals surface area contributed by atoms with Crippen LogP contribution in [0.3, 0.4) is 0 Å². The van der Waals surface area contributed by atoms with Crippen LogP contribution in [-0.2, 0) is 6.54 Å². The maximum absolute atomic E-state index is 3.42. The molecule has 0 bridgehead atoms. The van der Waals surface area contributed by atoms with E-state index in [9.17, 15) is 0 Å². The zero-order valence-electron chi connectivity index (χ0n) is 9.04. The molecule has 0 amide bonds. The number of aromatic nitrogens is 1. The molecular formula is C11H20N2. The molecule has 0 aromatic carbocycles. The van der Waals surface area contributed by atoms with Crippen LogP contribution in [0.1, 0.15) is 39.4 Å². The Morgan fingerprint density at radius 1 is 1.31 bits per heavy atom. The molecule has 0 radical (unpaired) electrons. The summed E-state index contributed by atoms with van der Waals surface area (Å²) in [7, 11) is 0.